The number of nitro groups is 1. The Morgan fingerprint density at radius 2 is 1.87 bits per heavy atom. The van der Waals surface area contributed by atoms with Gasteiger partial charge in [-0.3, -0.25) is 19.7 Å². The highest BCUT2D eigenvalue weighted by molar-refractivity contribution is 6.30. The maximum atomic E-state index is 13.1. The minimum atomic E-state index is -1.80. The fourth-order valence-corrected chi connectivity index (χ4v) is 3.81. The monoisotopic (exact) mass is 441 g/mol. The van der Waals surface area contributed by atoms with Gasteiger partial charge in [-0.2, -0.15) is 5.10 Å². The van der Waals surface area contributed by atoms with Crippen LogP contribution in [0.4, 0.5) is 5.69 Å². The van der Waals surface area contributed by atoms with Crippen LogP contribution in [0.2, 0.25) is 5.02 Å². The number of amides is 1. The summed E-state index contributed by atoms with van der Waals surface area (Å²) in [6.45, 7) is 1.86. The summed E-state index contributed by atoms with van der Waals surface area (Å²) in [5.41, 5.74) is 2.62. The van der Waals surface area contributed by atoms with Crippen LogP contribution in [0.5, 0.6) is 0 Å². The maximum absolute atomic E-state index is 13.1. The number of hydrogen-bond acceptors (Lipinski definition) is 5. The van der Waals surface area contributed by atoms with E-state index >= 15 is 0 Å². The number of nitrogens with zero attached hydrogens (tertiary/aromatic N) is 2. The number of carboxylic acids is 1. The molecular formula is C22H20ClN3O5. The summed E-state index contributed by atoms with van der Waals surface area (Å²) < 4.78 is 0. The minimum absolute atomic E-state index is 0.0158. The molecule has 0 aromatic heterocycles. The minimum Gasteiger partial charge on any atom is -0.480 e. The zero-order chi connectivity index (χ0) is 22.6. The lowest BCUT2D eigenvalue weighted by Crippen LogP contribution is -2.50. The Labute approximate surface area is 183 Å². The van der Waals surface area contributed by atoms with Gasteiger partial charge in [-0.25, -0.2) is 5.43 Å². The molecule has 2 aromatic rings. The molecule has 2 atom stereocenters. The number of allylic oxidation sites excluding steroid dienone is 2. The quantitative estimate of drug-likeness (QED) is 0.227. The van der Waals surface area contributed by atoms with Crippen molar-refractivity contribution in [3.05, 3.63) is 86.4 Å². The van der Waals surface area contributed by atoms with Gasteiger partial charge in [-0.1, -0.05) is 47.5 Å². The standard InChI is InChI=1S/C22H20ClN3O5/c1-14-10-11-22(21(28)29,19(12-14)16-4-8-18(9-5-16)26(30)31)20(27)25-24-13-15-2-6-17(23)7-3-15/h2-10,13,19H,11-12H2,1H3,(H,25,27)(H,28,29). The van der Waals surface area contributed by atoms with Crippen LogP contribution in [0.15, 0.2) is 65.3 Å². The highest BCUT2D eigenvalue weighted by Crippen LogP contribution is 2.47. The number of carbonyl (C=O) groups excluding carboxylic acids is 1. The van der Waals surface area contributed by atoms with Gasteiger partial charge >= 0.3 is 5.97 Å². The lowest BCUT2D eigenvalue weighted by Gasteiger charge is -2.38. The summed E-state index contributed by atoms with van der Waals surface area (Å²) in [6.07, 6.45) is 3.45. The molecule has 0 heterocycles. The fourth-order valence-electron chi connectivity index (χ4n) is 3.69. The van der Waals surface area contributed by atoms with Crippen LogP contribution in [0.3, 0.4) is 0 Å². The Bertz CT molecular complexity index is 1060. The van der Waals surface area contributed by atoms with Gasteiger partial charge in [0.05, 0.1) is 11.1 Å². The van der Waals surface area contributed by atoms with Gasteiger partial charge in [0.1, 0.15) is 0 Å². The second kappa shape index (κ2) is 9.09. The van der Waals surface area contributed by atoms with Crippen molar-refractivity contribution >= 4 is 35.4 Å². The van der Waals surface area contributed by atoms with Crippen molar-refractivity contribution in [2.45, 2.75) is 25.7 Å². The summed E-state index contributed by atoms with van der Waals surface area (Å²) in [5, 5.41) is 25.5. The van der Waals surface area contributed by atoms with E-state index < -0.39 is 28.1 Å². The summed E-state index contributed by atoms with van der Waals surface area (Å²) >= 11 is 5.84. The third-order valence-electron chi connectivity index (χ3n) is 5.44. The van der Waals surface area contributed by atoms with Gasteiger partial charge in [-0.05, 0) is 43.0 Å². The molecule has 0 spiro atoms. The summed E-state index contributed by atoms with van der Waals surface area (Å²) in [5.74, 6) is -2.74. The van der Waals surface area contributed by atoms with E-state index in [1.807, 2.05) is 6.92 Å². The zero-order valence-corrected chi connectivity index (χ0v) is 17.4. The van der Waals surface area contributed by atoms with Crippen molar-refractivity contribution in [3.63, 3.8) is 0 Å². The third-order valence-corrected chi connectivity index (χ3v) is 5.69. The number of carboxylic acid groups (broad SMARTS) is 1. The molecule has 31 heavy (non-hydrogen) atoms. The van der Waals surface area contributed by atoms with Crippen LogP contribution < -0.4 is 5.43 Å². The van der Waals surface area contributed by atoms with Gasteiger partial charge in [0.15, 0.2) is 5.41 Å². The summed E-state index contributed by atoms with van der Waals surface area (Å²) in [7, 11) is 0. The van der Waals surface area contributed by atoms with Crippen LogP contribution in [0.1, 0.15) is 36.8 Å². The number of hydrazone groups is 1. The number of nitrogens with one attached hydrogen (secondary N) is 1. The maximum Gasteiger partial charge on any atom is 0.320 e. The first-order valence-electron chi connectivity index (χ1n) is 9.46. The van der Waals surface area contributed by atoms with Crippen molar-refractivity contribution in [1.29, 1.82) is 0 Å². The van der Waals surface area contributed by atoms with Gasteiger partial charge in [0.2, 0.25) is 0 Å². The van der Waals surface area contributed by atoms with E-state index in [9.17, 15) is 24.8 Å². The molecule has 2 N–H and O–H groups in total. The molecule has 2 unspecified atom stereocenters. The molecule has 0 aliphatic heterocycles. The molecular weight excluding hydrogens is 422 g/mol. The number of hydrogen-bond donors (Lipinski definition) is 2. The number of benzene rings is 2. The van der Waals surface area contributed by atoms with E-state index in [1.54, 1.807) is 30.3 Å². The van der Waals surface area contributed by atoms with Crippen LogP contribution >= 0.6 is 11.6 Å². The van der Waals surface area contributed by atoms with Gasteiger partial charge < -0.3 is 5.11 Å². The fraction of sp³-hybridized carbons (Fsp3) is 0.227. The molecule has 0 fully saturated rings. The molecule has 1 aliphatic rings. The van der Waals surface area contributed by atoms with E-state index in [4.69, 9.17) is 11.6 Å². The molecule has 0 saturated heterocycles. The molecule has 0 radical (unpaired) electrons. The Morgan fingerprint density at radius 3 is 2.45 bits per heavy atom. The first-order valence-corrected chi connectivity index (χ1v) is 9.84. The normalized spacial score (nSPS) is 20.8. The van der Waals surface area contributed by atoms with Crippen molar-refractivity contribution in [2.75, 3.05) is 0 Å². The molecule has 0 bridgehead atoms. The predicted octanol–water partition coefficient (Wildman–Crippen LogP) is 4.29. The Morgan fingerprint density at radius 1 is 1.23 bits per heavy atom. The van der Waals surface area contributed by atoms with Gasteiger partial charge in [-0.15, -0.1) is 0 Å². The molecule has 1 amide bonds. The molecule has 0 saturated carbocycles. The second-order valence-electron chi connectivity index (χ2n) is 7.39. The topological polar surface area (TPSA) is 122 Å². The van der Waals surface area contributed by atoms with Crippen LogP contribution in [0.25, 0.3) is 0 Å². The molecule has 8 nitrogen and oxygen atoms in total. The molecule has 9 heteroatoms. The van der Waals surface area contributed by atoms with Gasteiger partial charge in [0.25, 0.3) is 11.6 Å². The molecule has 160 valence electrons. The number of rotatable bonds is 6. The van der Waals surface area contributed by atoms with E-state index in [0.29, 0.717) is 22.6 Å². The highest BCUT2D eigenvalue weighted by atomic mass is 35.5. The molecule has 2 aromatic carbocycles. The van der Waals surface area contributed by atoms with Crippen molar-refractivity contribution < 1.29 is 19.6 Å². The number of non-ortho nitro benzene ring substituents is 1. The van der Waals surface area contributed by atoms with E-state index in [0.717, 1.165) is 5.57 Å². The van der Waals surface area contributed by atoms with Gasteiger partial charge in [0, 0.05) is 23.1 Å². The summed E-state index contributed by atoms with van der Waals surface area (Å²) in [4.78, 5) is 35.9. The van der Waals surface area contributed by atoms with Crippen LogP contribution in [0, 0.1) is 15.5 Å². The zero-order valence-electron chi connectivity index (χ0n) is 16.6. The Hall–Kier alpha value is -3.52. The number of aliphatic carboxylic acids is 1. The van der Waals surface area contributed by atoms with Crippen molar-refractivity contribution in [3.8, 4) is 0 Å². The Kier molecular flexibility index (Phi) is 6.50. The number of halogens is 1. The van der Waals surface area contributed by atoms with E-state index in [1.165, 1.54) is 30.5 Å². The number of nitro benzene ring substituents is 1. The van der Waals surface area contributed by atoms with E-state index in [-0.39, 0.29) is 12.1 Å². The number of carbonyl (C=O) groups is 2. The molecule has 1 aliphatic carbocycles. The van der Waals surface area contributed by atoms with E-state index in [2.05, 4.69) is 10.5 Å². The van der Waals surface area contributed by atoms with Crippen LogP contribution in [-0.2, 0) is 9.59 Å². The SMILES string of the molecule is CC1=CCC(C(=O)O)(C(=O)NN=Cc2ccc(Cl)cc2)C(c2ccc([N+](=O)[O-])cc2)C1. The third kappa shape index (κ3) is 4.64. The predicted molar refractivity (Wildman–Crippen MR) is 116 cm³/mol. The Balaban J connectivity index is 1.92. The summed E-state index contributed by atoms with van der Waals surface area (Å²) in [6, 6.07) is 12.4. The second-order valence-corrected chi connectivity index (χ2v) is 7.82. The van der Waals surface area contributed by atoms with Crippen LogP contribution in [-0.4, -0.2) is 28.1 Å². The lowest BCUT2D eigenvalue weighted by atomic mass is 9.64. The van der Waals surface area contributed by atoms with Crippen molar-refractivity contribution in [1.82, 2.24) is 5.43 Å². The lowest BCUT2D eigenvalue weighted by molar-refractivity contribution is -0.384. The first-order chi connectivity index (χ1) is 14.7. The first kappa shape index (κ1) is 22.2. The van der Waals surface area contributed by atoms with Crippen molar-refractivity contribution in [2.24, 2.45) is 10.5 Å². The smallest absolute Gasteiger partial charge is 0.320 e. The highest BCUT2D eigenvalue weighted by Gasteiger charge is 2.53. The average Bonchev–Trinajstić information content (AvgIpc) is 2.75. The molecule has 3 rings (SSSR count). The average molecular weight is 442 g/mol. The largest absolute Gasteiger partial charge is 0.480 e.